The third kappa shape index (κ3) is 11.9. The average Bonchev–Trinajstić information content (AvgIpc) is 3.56. The maximum absolute atomic E-state index is 14.1. The van der Waals surface area contributed by atoms with Crippen molar-refractivity contribution in [3.63, 3.8) is 0 Å². The van der Waals surface area contributed by atoms with Gasteiger partial charge < -0.3 is 40.6 Å². The molecule has 1 aromatic carbocycles. The molecule has 1 heterocycles. The molecule has 16 heteroatoms. The number of carboxylic acid groups (broad SMARTS) is 2. The third-order valence-corrected chi connectivity index (χ3v) is 8.89. The van der Waals surface area contributed by atoms with Gasteiger partial charge in [0.15, 0.2) is 11.5 Å². The normalized spacial score (nSPS) is 18.9. The van der Waals surface area contributed by atoms with E-state index in [9.17, 15) is 52.9 Å². The van der Waals surface area contributed by atoms with Gasteiger partial charge in [-0.25, -0.2) is 8.78 Å². The lowest BCUT2D eigenvalue weighted by Crippen LogP contribution is -2.55. The van der Waals surface area contributed by atoms with Crippen molar-refractivity contribution in [2.75, 3.05) is 13.1 Å². The van der Waals surface area contributed by atoms with Crippen LogP contribution in [0.4, 0.5) is 8.78 Å². The summed E-state index contributed by atoms with van der Waals surface area (Å²) in [5.41, 5.74) is 0.0542. The zero-order valence-electron chi connectivity index (χ0n) is 29.7. The molecule has 0 spiro atoms. The first kappa shape index (κ1) is 41.6. The molecule has 2 aromatic rings. The van der Waals surface area contributed by atoms with Crippen LogP contribution in [-0.4, -0.2) is 93.1 Å². The molecule has 1 saturated carbocycles. The SMILES string of the molecule is CCCN(CCC)C(=O)c1ccc(C(=O)N[C@@H](Cc2cc(F)cc(F)c2)[C@H](O)CC(=O)N[C@H](C(=O)NC2CC(C(=O)O)CC(C(=O)O)C2)C(C)C)o1. The Morgan fingerprint density at radius 1 is 0.865 bits per heavy atom. The van der Waals surface area contributed by atoms with E-state index in [4.69, 9.17) is 4.42 Å². The van der Waals surface area contributed by atoms with Crippen molar-refractivity contribution in [2.24, 2.45) is 17.8 Å². The molecule has 1 fully saturated rings. The van der Waals surface area contributed by atoms with Crippen LogP contribution in [0.3, 0.4) is 0 Å². The molecule has 4 amide bonds. The van der Waals surface area contributed by atoms with E-state index in [2.05, 4.69) is 16.0 Å². The van der Waals surface area contributed by atoms with E-state index in [-0.39, 0.29) is 42.8 Å². The predicted molar refractivity (Wildman–Crippen MR) is 182 cm³/mol. The number of furan rings is 1. The number of benzene rings is 1. The van der Waals surface area contributed by atoms with Crippen molar-refractivity contribution in [2.45, 2.75) is 96.9 Å². The second-order valence-electron chi connectivity index (χ2n) is 13.6. The highest BCUT2D eigenvalue weighted by Crippen LogP contribution is 2.30. The fourth-order valence-electron chi connectivity index (χ4n) is 6.32. The summed E-state index contributed by atoms with van der Waals surface area (Å²) in [5.74, 6) is -9.78. The Balaban J connectivity index is 1.76. The van der Waals surface area contributed by atoms with Gasteiger partial charge in [-0.05, 0) is 74.3 Å². The fraction of sp³-hybridized carbons (Fsp3) is 0.556. The minimum atomic E-state index is -1.65. The first-order valence-electron chi connectivity index (χ1n) is 17.4. The van der Waals surface area contributed by atoms with E-state index in [0.717, 1.165) is 12.1 Å². The van der Waals surface area contributed by atoms with Crippen LogP contribution in [0.25, 0.3) is 0 Å². The molecule has 0 bridgehead atoms. The highest BCUT2D eigenvalue weighted by atomic mass is 19.1. The smallest absolute Gasteiger partial charge is 0.306 e. The minimum Gasteiger partial charge on any atom is -0.481 e. The standard InChI is InChI=1S/C36H48F2N4O10/c1-5-9-42(10-6-2)34(47)29-8-7-28(52-29)32(45)40-26(13-20-11-23(37)17-24(38)12-20)27(43)18-30(44)41-31(19(3)4)33(46)39-25-15-21(35(48)49)14-22(16-25)36(50)51/h7-8,11-12,17,19,21-22,25-27,31,43H,5-6,9-10,13-16,18H2,1-4H3,(H,39,46)(H,40,45)(H,41,44)(H,48,49)(H,50,51)/t21?,22?,25?,26-,27+,31-/m0/s1. The molecule has 1 aliphatic rings. The number of hydrogen-bond acceptors (Lipinski definition) is 8. The third-order valence-electron chi connectivity index (χ3n) is 8.89. The van der Waals surface area contributed by atoms with Gasteiger partial charge in [-0.15, -0.1) is 0 Å². The summed E-state index contributed by atoms with van der Waals surface area (Å²) in [6.45, 7) is 8.05. The number of rotatable bonds is 18. The van der Waals surface area contributed by atoms with E-state index in [1.165, 1.54) is 12.1 Å². The lowest BCUT2D eigenvalue weighted by molar-refractivity contribution is -0.149. The number of aliphatic hydroxyl groups excluding tert-OH is 1. The molecule has 2 unspecified atom stereocenters. The molecule has 286 valence electrons. The van der Waals surface area contributed by atoms with Crippen LogP contribution < -0.4 is 16.0 Å². The molecule has 0 saturated heterocycles. The van der Waals surface area contributed by atoms with Crippen LogP contribution in [0.5, 0.6) is 0 Å². The number of halogens is 2. The molecular formula is C36H48F2N4O10. The van der Waals surface area contributed by atoms with Crippen LogP contribution in [0.1, 0.15) is 92.9 Å². The average molecular weight is 735 g/mol. The number of carboxylic acids is 2. The Bertz CT molecular complexity index is 1550. The van der Waals surface area contributed by atoms with Crippen molar-refractivity contribution in [3.8, 4) is 0 Å². The first-order valence-corrected chi connectivity index (χ1v) is 17.4. The molecule has 1 aromatic heterocycles. The zero-order chi connectivity index (χ0) is 38.7. The van der Waals surface area contributed by atoms with Crippen LogP contribution in [-0.2, 0) is 25.6 Å². The fourth-order valence-corrected chi connectivity index (χ4v) is 6.32. The van der Waals surface area contributed by atoms with E-state index >= 15 is 0 Å². The van der Waals surface area contributed by atoms with Crippen LogP contribution in [0, 0.1) is 29.4 Å². The van der Waals surface area contributed by atoms with E-state index < -0.39 is 95.6 Å². The lowest BCUT2D eigenvalue weighted by Gasteiger charge is -2.33. The van der Waals surface area contributed by atoms with E-state index in [0.29, 0.717) is 32.0 Å². The Kier molecular flexibility index (Phi) is 15.3. The molecule has 3 rings (SSSR count). The van der Waals surface area contributed by atoms with Gasteiger partial charge in [0, 0.05) is 25.2 Å². The van der Waals surface area contributed by atoms with Crippen molar-refractivity contribution in [1.82, 2.24) is 20.9 Å². The topological polar surface area (TPSA) is 216 Å². The quantitative estimate of drug-likeness (QED) is 0.132. The number of nitrogens with one attached hydrogen (secondary N) is 3. The van der Waals surface area contributed by atoms with E-state index in [1.807, 2.05) is 13.8 Å². The van der Waals surface area contributed by atoms with Gasteiger partial charge in [-0.1, -0.05) is 27.7 Å². The molecule has 0 radical (unpaired) electrons. The van der Waals surface area contributed by atoms with Gasteiger partial charge in [0.05, 0.1) is 30.4 Å². The second-order valence-corrected chi connectivity index (χ2v) is 13.6. The Hall–Kier alpha value is -4.86. The first-order chi connectivity index (χ1) is 24.5. The van der Waals surface area contributed by atoms with Gasteiger partial charge in [0.2, 0.25) is 11.8 Å². The monoisotopic (exact) mass is 734 g/mol. The number of hydrogen-bond donors (Lipinski definition) is 6. The molecular weight excluding hydrogens is 686 g/mol. The summed E-state index contributed by atoms with van der Waals surface area (Å²) < 4.78 is 33.7. The van der Waals surface area contributed by atoms with Crippen molar-refractivity contribution in [3.05, 3.63) is 59.1 Å². The molecule has 52 heavy (non-hydrogen) atoms. The largest absolute Gasteiger partial charge is 0.481 e. The number of amides is 4. The molecule has 1 aliphatic carbocycles. The number of nitrogens with zero attached hydrogens (tertiary/aromatic N) is 1. The predicted octanol–water partition coefficient (Wildman–Crippen LogP) is 3.12. The maximum Gasteiger partial charge on any atom is 0.306 e. The summed E-state index contributed by atoms with van der Waals surface area (Å²) in [6.07, 6.45) is -1.30. The molecule has 14 nitrogen and oxygen atoms in total. The maximum atomic E-state index is 14.1. The van der Waals surface area contributed by atoms with Crippen molar-refractivity contribution >= 4 is 35.6 Å². The Morgan fingerprint density at radius 2 is 1.42 bits per heavy atom. The van der Waals surface area contributed by atoms with Crippen LogP contribution in [0.2, 0.25) is 0 Å². The van der Waals surface area contributed by atoms with Gasteiger partial charge in [-0.3, -0.25) is 28.8 Å². The van der Waals surface area contributed by atoms with Crippen molar-refractivity contribution in [1.29, 1.82) is 0 Å². The van der Waals surface area contributed by atoms with Crippen molar-refractivity contribution < 1.29 is 57.3 Å². The van der Waals surface area contributed by atoms with E-state index in [1.54, 1.807) is 18.7 Å². The highest BCUT2D eigenvalue weighted by molar-refractivity contribution is 5.96. The summed E-state index contributed by atoms with van der Waals surface area (Å²) in [5, 5.41) is 37.9. The van der Waals surface area contributed by atoms with Gasteiger partial charge >= 0.3 is 11.9 Å². The summed E-state index contributed by atoms with van der Waals surface area (Å²) in [6, 6.07) is 2.00. The lowest BCUT2D eigenvalue weighted by atomic mass is 9.78. The highest BCUT2D eigenvalue weighted by Gasteiger charge is 2.38. The van der Waals surface area contributed by atoms with Crippen LogP contribution in [0.15, 0.2) is 34.7 Å². The molecule has 0 aliphatic heterocycles. The second kappa shape index (κ2) is 19.1. The zero-order valence-corrected chi connectivity index (χ0v) is 29.7. The van der Waals surface area contributed by atoms with Gasteiger partial charge in [0.1, 0.15) is 17.7 Å². The summed E-state index contributed by atoms with van der Waals surface area (Å²) in [4.78, 5) is 77.6. The number of aliphatic hydroxyl groups is 1. The number of carbonyl (C=O) groups is 6. The van der Waals surface area contributed by atoms with Gasteiger partial charge in [-0.2, -0.15) is 0 Å². The van der Waals surface area contributed by atoms with Crippen LogP contribution >= 0.6 is 0 Å². The number of carbonyl (C=O) groups excluding carboxylic acids is 4. The summed E-state index contributed by atoms with van der Waals surface area (Å²) in [7, 11) is 0. The molecule has 6 N–H and O–H groups in total. The Labute approximate surface area is 300 Å². The summed E-state index contributed by atoms with van der Waals surface area (Å²) >= 11 is 0. The van der Waals surface area contributed by atoms with Gasteiger partial charge in [0.25, 0.3) is 11.8 Å². The minimum absolute atomic E-state index is 0.00540. The number of aliphatic carboxylic acids is 2. The molecule has 5 atom stereocenters. The Morgan fingerprint density at radius 3 is 1.94 bits per heavy atom.